The van der Waals surface area contributed by atoms with Crippen LogP contribution in [0.15, 0.2) is 12.1 Å². The molecule has 142 valence electrons. The summed E-state index contributed by atoms with van der Waals surface area (Å²) in [5.74, 6) is -1.78. The van der Waals surface area contributed by atoms with E-state index in [-0.39, 0.29) is 12.6 Å². The maximum atomic E-state index is 12.2. The van der Waals surface area contributed by atoms with Gasteiger partial charge in [-0.2, -0.15) is 0 Å². The van der Waals surface area contributed by atoms with Gasteiger partial charge in [0.15, 0.2) is 5.79 Å². The molecule has 26 heavy (non-hydrogen) atoms. The number of amides is 2. The largest absolute Gasteiger partial charge is 0.347 e. The van der Waals surface area contributed by atoms with Crippen molar-refractivity contribution in [3.8, 4) is 0 Å². The van der Waals surface area contributed by atoms with Crippen LogP contribution in [0.25, 0.3) is 0 Å². The highest BCUT2D eigenvalue weighted by molar-refractivity contribution is 6.39. The average Bonchev–Trinajstić information content (AvgIpc) is 2.98. The molecule has 1 saturated heterocycles. The first-order chi connectivity index (χ1) is 12.4. The van der Waals surface area contributed by atoms with Crippen molar-refractivity contribution < 1.29 is 19.1 Å². The summed E-state index contributed by atoms with van der Waals surface area (Å²) in [6.45, 7) is 6.57. The zero-order valence-corrected chi connectivity index (χ0v) is 15.8. The molecule has 6 nitrogen and oxygen atoms in total. The molecule has 1 aliphatic carbocycles. The molecule has 2 amide bonds. The van der Waals surface area contributed by atoms with Gasteiger partial charge in [0, 0.05) is 25.1 Å². The minimum absolute atomic E-state index is 0.201. The monoisotopic (exact) mass is 360 g/mol. The third kappa shape index (κ3) is 4.24. The third-order valence-corrected chi connectivity index (χ3v) is 5.14. The zero-order chi connectivity index (χ0) is 18.7. The van der Waals surface area contributed by atoms with Crippen LogP contribution in [-0.2, 0) is 19.1 Å². The van der Waals surface area contributed by atoms with E-state index in [1.165, 1.54) is 6.42 Å². The Bertz CT molecular complexity index is 672. The van der Waals surface area contributed by atoms with Crippen molar-refractivity contribution in [2.45, 2.75) is 64.8 Å². The van der Waals surface area contributed by atoms with E-state index < -0.39 is 17.6 Å². The topological polar surface area (TPSA) is 76.7 Å². The molecule has 1 spiro atoms. The Kier molecular flexibility index (Phi) is 5.63. The second-order valence-corrected chi connectivity index (χ2v) is 7.46. The van der Waals surface area contributed by atoms with Crippen molar-refractivity contribution in [3.05, 3.63) is 28.8 Å². The summed E-state index contributed by atoms with van der Waals surface area (Å²) >= 11 is 0. The van der Waals surface area contributed by atoms with Crippen molar-refractivity contribution in [2.75, 3.05) is 18.5 Å². The number of benzene rings is 1. The highest BCUT2D eigenvalue weighted by Gasteiger charge is 2.42. The molecule has 1 saturated carbocycles. The van der Waals surface area contributed by atoms with Gasteiger partial charge in [-0.1, -0.05) is 24.1 Å². The summed E-state index contributed by atoms with van der Waals surface area (Å²) in [6, 6.07) is 3.96. The molecule has 3 rings (SSSR count). The van der Waals surface area contributed by atoms with Gasteiger partial charge in [-0.3, -0.25) is 9.59 Å². The third-order valence-electron chi connectivity index (χ3n) is 5.14. The Morgan fingerprint density at radius 1 is 1.08 bits per heavy atom. The van der Waals surface area contributed by atoms with E-state index in [0.717, 1.165) is 42.4 Å². The Hall–Kier alpha value is -1.92. The van der Waals surface area contributed by atoms with Gasteiger partial charge in [0.1, 0.15) is 6.10 Å². The van der Waals surface area contributed by atoms with Gasteiger partial charge in [0.2, 0.25) is 0 Å². The number of aryl methyl sites for hydroxylation is 3. The average molecular weight is 360 g/mol. The maximum Gasteiger partial charge on any atom is 0.313 e. The number of anilines is 1. The van der Waals surface area contributed by atoms with Crippen LogP contribution >= 0.6 is 0 Å². The summed E-state index contributed by atoms with van der Waals surface area (Å²) in [4.78, 5) is 24.3. The lowest BCUT2D eigenvalue weighted by Gasteiger charge is -2.31. The molecule has 0 unspecified atom stereocenters. The number of hydrogen-bond donors (Lipinski definition) is 2. The van der Waals surface area contributed by atoms with Crippen LogP contribution in [0, 0.1) is 20.8 Å². The summed E-state index contributed by atoms with van der Waals surface area (Å²) in [7, 11) is 0. The molecule has 2 aliphatic rings. The maximum absolute atomic E-state index is 12.2. The molecule has 0 bridgehead atoms. The second-order valence-electron chi connectivity index (χ2n) is 7.46. The van der Waals surface area contributed by atoms with E-state index in [1.807, 2.05) is 32.9 Å². The van der Waals surface area contributed by atoms with Gasteiger partial charge in [-0.25, -0.2) is 0 Å². The number of hydrogen-bond acceptors (Lipinski definition) is 4. The zero-order valence-electron chi connectivity index (χ0n) is 15.8. The van der Waals surface area contributed by atoms with Gasteiger partial charge in [0.25, 0.3) is 0 Å². The molecule has 2 fully saturated rings. The summed E-state index contributed by atoms with van der Waals surface area (Å²) in [5, 5.41) is 5.38. The fourth-order valence-electron chi connectivity index (χ4n) is 3.90. The quantitative estimate of drug-likeness (QED) is 0.813. The van der Waals surface area contributed by atoms with Gasteiger partial charge in [0.05, 0.1) is 6.61 Å². The highest BCUT2D eigenvalue weighted by atomic mass is 16.7. The molecule has 1 aliphatic heterocycles. The molecular formula is C20H28N2O4. The molecule has 6 heteroatoms. The molecule has 2 N–H and O–H groups in total. The number of carbonyl (C=O) groups is 2. The van der Waals surface area contributed by atoms with Gasteiger partial charge < -0.3 is 20.1 Å². The lowest BCUT2D eigenvalue weighted by molar-refractivity contribution is -0.186. The van der Waals surface area contributed by atoms with Crippen LogP contribution in [0.5, 0.6) is 0 Å². The minimum Gasteiger partial charge on any atom is -0.347 e. The fourth-order valence-corrected chi connectivity index (χ4v) is 3.90. The molecule has 1 heterocycles. The lowest BCUT2D eigenvalue weighted by atomic mass is 9.94. The van der Waals surface area contributed by atoms with Crippen LogP contribution in [0.3, 0.4) is 0 Å². The predicted octanol–water partition coefficient (Wildman–Crippen LogP) is 2.74. The smallest absolute Gasteiger partial charge is 0.313 e. The van der Waals surface area contributed by atoms with Crippen molar-refractivity contribution in [3.63, 3.8) is 0 Å². The molecule has 0 aromatic heterocycles. The first-order valence-corrected chi connectivity index (χ1v) is 9.37. The van der Waals surface area contributed by atoms with Crippen LogP contribution in [0.1, 0.15) is 48.8 Å². The van der Waals surface area contributed by atoms with E-state index >= 15 is 0 Å². The van der Waals surface area contributed by atoms with Crippen molar-refractivity contribution >= 4 is 17.5 Å². The SMILES string of the molecule is Cc1cc(C)c(NC(=O)C(=O)NC[C@@H]2COC3(CCCCC3)O2)c(C)c1. The Labute approximate surface area is 154 Å². The van der Waals surface area contributed by atoms with Crippen molar-refractivity contribution in [2.24, 2.45) is 0 Å². The molecule has 1 aromatic rings. The van der Waals surface area contributed by atoms with Crippen LogP contribution in [-0.4, -0.2) is 36.9 Å². The standard InChI is InChI=1S/C20H28N2O4/c1-13-9-14(2)17(15(3)10-13)22-19(24)18(23)21-11-16-12-25-20(26-16)7-5-4-6-8-20/h9-10,16H,4-8,11-12H2,1-3H3,(H,21,23)(H,22,24)/t16-/m1/s1. The second kappa shape index (κ2) is 7.76. The number of nitrogens with one attached hydrogen (secondary N) is 2. The van der Waals surface area contributed by atoms with E-state index in [1.54, 1.807) is 0 Å². The number of rotatable bonds is 3. The van der Waals surface area contributed by atoms with E-state index in [4.69, 9.17) is 9.47 Å². The summed E-state index contributed by atoms with van der Waals surface area (Å²) < 4.78 is 11.9. The van der Waals surface area contributed by atoms with Crippen LogP contribution in [0.4, 0.5) is 5.69 Å². The van der Waals surface area contributed by atoms with E-state index in [9.17, 15) is 9.59 Å². The lowest BCUT2D eigenvalue weighted by Crippen LogP contribution is -2.41. The van der Waals surface area contributed by atoms with E-state index in [0.29, 0.717) is 12.3 Å². The molecule has 0 radical (unpaired) electrons. The van der Waals surface area contributed by atoms with Crippen molar-refractivity contribution in [1.82, 2.24) is 5.32 Å². The Morgan fingerprint density at radius 2 is 1.73 bits per heavy atom. The molecule has 1 atom stereocenters. The molecular weight excluding hydrogens is 332 g/mol. The van der Waals surface area contributed by atoms with Gasteiger partial charge in [-0.05, 0) is 44.7 Å². The van der Waals surface area contributed by atoms with Crippen LogP contribution in [0.2, 0.25) is 0 Å². The van der Waals surface area contributed by atoms with Crippen molar-refractivity contribution in [1.29, 1.82) is 0 Å². The summed E-state index contributed by atoms with van der Waals surface area (Å²) in [5.41, 5.74) is 3.70. The highest BCUT2D eigenvalue weighted by Crippen LogP contribution is 2.37. The van der Waals surface area contributed by atoms with E-state index in [2.05, 4.69) is 10.6 Å². The first kappa shape index (κ1) is 18.9. The predicted molar refractivity (Wildman–Crippen MR) is 98.9 cm³/mol. The summed E-state index contributed by atoms with van der Waals surface area (Å²) in [6.07, 6.45) is 5.04. The fraction of sp³-hybridized carbons (Fsp3) is 0.600. The normalized spacial score (nSPS) is 21.6. The number of ether oxygens (including phenoxy) is 2. The van der Waals surface area contributed by atoms with Gasteiger partial charge in [-0.15, -0.1) is 0 Å². The minimum atomic E-state index is -0.661. The Balaban J connectivity index is 1.50. The van der Waals surface area contributed by atoms with Crippen LogP contribution < -0.4 is 10.6 Å². The first-order valence-electron chi connectivity index (χ1n) is 9.37. The number of carbonyl (C=O) groups excluding carboxylic acids is 2. The molecule has 1 aromatic carbocycles. The Morgan fingerprint density at radius 3 is 2.38 bits per heavy atom. The van der Waals surface area contributed by atoms with Gasteiger partial charge >= 0.3 is 11.8 Å².